The number of rotatable bonds is 4. The minimum absolute atomic E-state index is 0.159. The van der Waals surface area contributed by atoms with Gasteiger partial charge in [0.25, 0.3) is 0 Å². The standard InChI is InChI=1S/C13H19NO4/c1-3-16-13(15)12-9(2)14-11(18-12)8-10-6-4-5-7-17-10/h10H,3-8H2,1-2H3. The summed E-state index contributed by atoms with van der Waals surface area (Å²) in [4.78, 5) is 15.8. The molecule has 1 aromatic rings. The highest BCUT2D eigenvalue weighted by Gasteiger charge is 2.22. The molecular formula is C13H19NO4. The van der Waals surface area contributed by atoms with E-state index in [0.29, 0.717) is 24.6 Å². The van der Waals surface area contributed by atoms with Gasteiger partial charge in [-0.25, -0.2) is 9.78 Å². The van der Waals surface area contributed by atoms with Gasteiger partial charge in [0.05, 0.1) is 24.8 Å². The summed E-state index contributed by atoms with van der Waals surface area (Å²) in [5.41, 5.74) is 0.583. The molecule has 2 rings (SSSR count). The fraction of sp³-hybridized carbons (Fsp3) is 0.692. The smallest absolute Gasteiger partial charge is 0.376 e. The van der Waals surface area contributed by atoms with E-state index in [9.17, 15) is 4.79 Å². The Labute approximate surface area is 106 Å². The Morgan fingerprint density at radius 3 is 3.00 bits per heavy atom. The summed E-state index contributed by atoms with van der Waals surface area (Å²) in [5.74, 6) is 0.323. The van der Waals surface area contributed by atoms with Crippen LogP contribution in [0.5, 0.6) is 0 Å². The molecule has 1 aliphatic heterocycles. The van der Waals surface area contributed by atoms with Crippen LogP contribution in [0.25, 0.3) is 0 Å². The van der Waals surface area contributed by atoms with Crippen molar-refractivity contribution in [2.24, 2.45) is 0 Å². The largest absolute Gasteiger partial charge is 0.460 e. The lowest BCUT2D eigenvalue weighted by Crippen LogP contribution is -2.21. The molecule has 5 heteroatoms. The van der Waals surface area contributed by atoms with Crippen LogP contribution in [0.15, 0.2) is 4.42 Å². The van der Waals surface area contributed by atoms with Gasteiger partial charge in [-0.3, -0.25) is 0 Å². The number of hydrogen-bond acceptors (Lipinski definition) is 5. The molecule has 100 valence electrons. The average molecular weight is 253 g/mol. The molecule has 1 aliphatic rings. The second kappa shape index (κ2) is 6.00. The lowest BCUT2D eigenvalue weighted by Gasteiger charge is -2.20. The van der Waals surface area contributed by atoms with E-state index in [1.54, 1.807) is 13.8 Å². The van der Waals surface area contributed by atoms with Crippen LogP contribution in [0.1, 0.15) is 48.3 Å². The zero-order chi connectivity index (χ0) is 13.0. The average Bonchev–Trinajstić information content (AvgIpc) is 2.72. The highest BCUT2D eigenvalue weighted by atomic mass is 16.5. The van der Waals surface area contributed by atoms with Crippen LogP contribution in [-0.4, -0.2) is 30.3 Å². The van der Waals surface area contributed by atoms with E-state index in [0.717, 1.165) is 19.4 Å². The summed E-state index contributed by atoms with van der Waals surface area (Å²) in [6, 6.07) is 0. The maximum Gasteiger partial charge on any atom is 0.376 e. The number of carbonyl (C=O) groups excluding carboxylic acids is 1. The van der Waals surface area contributed by atoms with Crippen molar-refractivity contribution in [1.82, 2.24) is 4.98 Å². The van der Waals surface area contributed by atoms with Crippen LogP contribution in [0.3, 0.4) is 0 Å². The first-order valence-corrected chi connectivity index (χ1v) is 6.45. The fourth-order valence-electron chi connectivity index (χ4n) is 2.09. The van der Waals surface area contributed by atoms with Gasteiger partial charge in [0.2, 0.25) is 5.76 Å². The summed E-state index contributed by atoms with van der Waals surface area (Å²) in [5, 5.41) is 0. The van der Waals surface area contributed by atoms with E-state index in [1.165, 1.54) is 6.42 Å². The van der Waals surface area contributed by atoms with Crippen LogP contribution in [0.2, 0.25) is 0 Å². The third-order valence-electron chi connectivity index (χ3n) is 2.98. The van der Waals surface area contributed by atoms with Crippen molar-refractivity contribution in [2.45, 2.75) is 45.6 Å². The SMILES string of the molecule is CCOC(=O)c1oc(CC2CCCCO2)nc1C. The lowest BCUT2D eigenvalue weighted by atomic mass is 10.1. The molecule has 1 aromatic heterocycles. The van der Waals surface area contributed by atoms with E-state index in [4.69, 9.17) is 13.9 Å². The number of nitrogens with zero attached hydrogens (tertiary/aromatic N) is 1. The van der Waals surface area contributed by atoms with Crippen molar-refractivity contribution < 1.29 is 18.7 Å². The number of ether oxygens (including phenoxy) is 2. The highest BCUT2D eigenvalue weighted by Crippen LogP contribution is 2.19. The van der Waals surface area contributed by atoms with Gasteiger partial charge in [0.1, 0.15) is 0 Å². The molecule has 0 bridgehead atoms. The number of carbonyl (C=O) groups is 1. The predicted octanol–water partition coefficient (Wildman–Crippen LogP) is 2.27. The second-order valence-electron chi connectivity index (χ2n) is 4.44. The Bertz CT molecular complexity index is 407. The molecule has 2 heterocycles. The van der Waals surface area contributed by atoms with E-state index in [-0.39, 0.29) is 11.9 Å². The molecule has 1 fully saturated rings. The van der Waals surface area contributed by atoms with Crippen molar-refractivity contribution in [2.75, 3.05) is 13.2 Å². The minimum Gasteiger partial charge on any atom is -0.460 e. The third-order valence-corrected chi connectivity index (χ3v) is 2.98. The van der Waals surface area contributed by atoms with Gasteiger partial charge in [0, 0.05) is 6.61 Å². The maximum absolute atomic E-state index is 11.6. The normalized spacial score (nSPS) is 19.8. The number of aryl methyl sites for hydroxylation is 1. The molecule has 0 aliphatic carbocycles. The molecule has 0 N–H and O–H groups in total. The monoisotopic (exact) mass is 253 g/mol. The number of hydrogen-bond donors (Lipinski definition) is 0. The molecule has 1 atom stereocenters. The van der Waals surface area contributed by atoms with E-state index >= 15 is 0 Å². The molecule has 0 spiro atoms. The van der Waals surface area contributed by atoms with Crippen LogP contribution in [0, 0.1) is 6.92 Å². The first-order valence-electron chi connectivity index (χ1n) is 6.45. The Morgan fingerprint density at radius 1 is 1.50 bits per heavy atom. The molecule has 0 amide bonds. The summed E-state index contributed by atoms with van der Waals surface area (Å²) < 4.78 is 16.0. The van der Waals surface area contributed by atoms with Crippen molar-refractivity contribution >= 4 is 5.97 Å². The van der Waals surface area contributed by atoms with Crippen molar-refractivity contribution in [1.29, 1.82) is 0 Å². The molecule has 1 saturated heterocycles. The number of esters is 1. The van der Waals surface area contributed by atoms with Gasteiger partial charge in [-0.2, -0.15) is 0 Å². The molecule has 0 aromatic carbocycles. The maximum atomic E-state index is 11.6. The van der Waals surface area contributed by atoms with E-state index in [2.05, 4.69) is 4.98 Å². The highest BCUT2D eigenvalue weighted by molar-refractivity contribution is 5.87. The first-order chi connectivity index (χ1) is 8.70. The Kier molecular flexibility index (Phi) is 4.36. The number of oxazole rings is 1. The molecule has 18 heavy (non-hydrogen) atoms. The first kappa shape index (κ1) is 13.1. The summed E-state index contributed by atoms with van der Waals surface area (Å²) >= 11 is 0. The van der Waals surface area contributed by atoms with Gasteiger partial charge in [-0.05, 0) is 33.1 Å². The number of aromatic nitrogens is 1. The van der Waals surface area contributed by atoms with Crippen LogP contribution in [0.4, 0.5) is 0 Å². The Morgan fingerprint density at radius 2 is 2.33 bits per heavy atom. The minimum atomic E-state index is -0.446. The van der Waals surface area contributed by atoms with Crippen molar-refractivity contribution in [3.8, 4) is 0 Å². The Balaban J connectivity index is 2.01. The van der Waals surface area contributed by atoms with Crippen LogP contribution in [-0.2, 0) is 15.9 Å². The molecular weight excluding hydrogens is 234 g/mol. The van der Waals surface area contributed by atoms with Crippen LogP contribution < -0.4 is 0 Å². The van der Waals surface area contributed by atoms with E-state index < -0.39 is 5.97 Å². The zero-order valence-corrected chi connectivity index (χ0v) is 10.9. The molecule has 1 unspecified atom stereocenters. The summed E-state index contributed by atoms with van der Waals surface area (Å²) in [6.45, 7) is 4.65. The fourth-order valence-corrected chi connectivity index (χ4v) is 2.09. The van der Waals surface area contributed by atoms with Crippen LogP contribution >= 0.6 is 0 Å². The lowest BCUT2D eigenvalue weighted by molar-refractivity contribution is 0.0127. The second-order valence-corrected chi connectivity index (χ2v) is 4.44. The van der Waals surface area contributed by atoms with Gasteiger partial charge < -0.3 is 13.9 Å². The zero-order valence-electron chi connectivity index (χ0n) is 10.9. The van der Waals surface area contributed by atoms with Crippen molar-refractivity contribution in [3.63, 3.8) is 0 Å². The predicted molar refractivity (Wildman–Crippen MR) is 64.5 cm³/mol. The van der Waals surface area contributed by atoms with E-state index in [1.807, 2.05) is 0 Å². The van der Waals surface area contributed by atoms with Gasteiger partial charge in [-0.15, -0.1) is 0 Å². The summed E-state index contributed by atoms with van der Waals surface area (Å²) in [6.07, 6.45) is 4.10. The molecule has 0 radical (unpaired) electrons. The topological polar surface area (TPSA) is 61.6 Å². The molecule has 5 nitrogen and oxygen atoms in total. The summed E-state index contributed by atoms with van der Waals surface area (Å²) in [7, 11) is 0. The van der Waals surface area contributed by atoms with Gasteiger partial charge in [0.15, 0.2) is 5.89 Å². The Hall–Kier alpha value is -1.36. The van der Waals surface area contributed by atoms with Gasteiger partial charge in [-0.1, -0.05) is 0 Å². The van der Waals surface area contributed by atoms with Gasteiger partial charge >= 0.3 is 5.97 Å². The third kappa shape index (κ3) is 3.10. The van der Waals surface area contributed by atoms with Crippen molar-refractivity contribution in [3.05, 3.63) is 17.3 Å². The molecule has 0 saturated carbocycles. The quantitative estimate of drug-likeness (QED) is 0.770.